The number of aliphatic hydroxyl groups excluding tert-OH is 1. The lowest BCUT2D eigenvalue weighted by molar-refractivity contribution is 0.147. The third kappa shape index (κ3) is 7.67. The number of aryl methyl sites for hydroxylation is 2. The minimum absolute atomic E-state index is 0.0575. The van der Waals surface area contributed by atoms with E-state index in [2.05, 4.69) is 46.4 Å². The van der Waals surface area contributed by atoms with Gasteiger partial charge in [0, 0.05) is 6.04 Å². The lowest BCUT2D eigenvalue weighted by atomic mass is 9.99. The van der Waals surface area contributed by atoms with Gasteiger partial charge < -0.3 is 10.8 Å². The number of nitrogens with two attached hydrogens (primary N) is 1. The van der Waals surface area contributed by atoms with Gasteiger partial charge in [0.2, 0.25) is 0 Å². The largest absolute Gasteiger partial charge is 0.385 e. The summed E-state index contributed by atoms with van der Waals surface area (Å²) in [6.45, 7) is 2.26. The highest BCUT2D eigenvalue weighted by molar-refractivity contribution is 5.22. The molecule has 2 aromatic rings. The van der Waals surface area contributed by atoms with Gasteiger partial charge in [-0.05, 0) is 43.2 Å². The van der Waals surface area contributed by atoms with Crippen LogP contribution in [0.1, 0.15) is 81.3 Å². The van der Waals surface area contributed by atoms with E-state index in [1.54, 1.807) is 0 Å². The second-order valence-corrected chi connectivity index (χ2v) is 7.26. The molecule has 144 valence electrons. The first-order chi connectivity index (χ1) is 12.7. The highest BCUT2D eigenvalue weighted by Gasteiger charge is 2.15. The number of H-pyrrole nitrogens is 1. The normalized spacial score (nSPS) is 13.7. The fourth-order valence-corrected chi connectivity index (χ4v) is 3.23. The van der Waals surface area contributed by atoms with Gasteiger partial charge in [-0.2, -0.15) is 5.10 Å². The Morgan fingerprint density at radius 1 is 1.00 bits per heavy atom. The monoisotopic (exact) mass is 358 g/mol. The Balaban J connectivity index is 1.63. The second-order valence-electron chi connectivity index (χ2n) is 7.26. The van der Waals surface area contributed by atoms with Gasteiger partial charge in [0.05, 0.1) is 0 Å². The van der Waals surface area contributed by atoms with E-state index in [4.69, 9.17) is 5.73 Å². The zero-order chi connectivity index (χ0) is 18.6. The lowest BCUT2D eigenvalue weighted by Crippen LogP contribution is -2.24. The van der Waals surface area contributed by atoms with E-state index in [1.165, 1.54) is 62.4 Å². The number of nitrogens with one attached hydrogen (secondary N) is 1. The molecule has 0 saturated heterocycles. The first-order valence-corrected chi connectivity index (χ1v) is 10.1. The summed E-state index contributed by atoms with van der Waals surface area (Å²) in [6.07, 6.45) is 12.2. The van der Waals surface area contributed by atoms with E-state index in [0.717, 1.165) is 12.8 Å². The van der Waals surface area contributed by atoms with Crippen molar-refractivity contribution in [1.82, 2.24) is 15.2 Å². The van der Waals surface area contributed by atoms with Crippen molar-refractivity contribution in [3.63, 3.8) is 0 Å². The Bertz CT molecular complexity index is 583. The minimum Gasteiger partial charge on any atom is -0.385 e. The molecule has 1 aromatic carbocycles. The summed E-state index contributed by atoms with van der Waals surface area (Å²) in [7, 11) is 0. The first-order valence-electron chi connectivity index (χ1n) is 10.1. The van der Waals surface area contributed by atoms with E-state index in [0.29, 0.717) is 12.2 Å². The molecular formula is C21H34N4O. The summed E-state index contributed by atoms with van der Waals surface area (Å²) in [5.41, 5.74) is 8.88. The molecule has 1 heterocycles. The number of nitrogens with zero attached hydrogens (tertiary/aromatic N) is 2. The van der Waals surface area contributed by atoms with Crippen LogP contribution in [0.2, 0.25) is 0 Å². The number of benzene rings is 1. The number of aliphatic hydroxyl groups is 1. The van der Waals surface area contributed by atoms with Crippen LogP contribution in [-0.4, -0.2) is 26.3 Å². The summed E-state index contributed by atoms with van der Waals surface area (Å²) in [5, 5.41) is 16.5. The number of hydrogen-bond acceptors (Lipinski definition) is 4. The molecule has 2 rings (SSSR count). The summed E-state index contributed by atoms with van der Waals surface area (Å²) in [5.74, 6) is 0.486. The van der Waals surface area contributed by atoms with Gasteiger partial charge in [0.15, 0.2) is 5.82 Å². The fourth-order valence-electron chi connectivity index (χ4n) is 3.23. The van der Waals surface area contributed by atoms with Crippen molar-refractivity contribution in [2.45, 2.75) is 83.3 Å². The Labute approximate surface area is 157 Å². The zero-order valence-electron chi connectivity index (χ0n) is 16.0. The van der Waals surface area contributed by atoms with Crippen molar-refractivity contribution in [1.29, 1.82) is 0 Å². The fraction of sp³-hybridized carbons (Fsp3) is 0.619. The van der Waals surface area contributed by atoms with E-state index < -0.39 is 6.10 Å². The predicted octanol–water partition coefficient (Wildman–Crippen LogP) is 4.09. The van der Waals surface area contributed by atoms with Gasteiger partial charge in [-0.3, -0.25) is 5.10 Å². The minimum atomic E-state index is -0.674. The molecular weight excluding hydrogens is 324 g/mol. The molecule has 2 unspecified atom stereocenters. The van der Waals surface area contributed by atoms with Crippen LogP contribution in [0.5, 0.6) is 0 Å². The highest BCUT2D eigenvalue weighted by Crippen LogP contribution is 2.16. The average Bonchev–Trinajstić information content (AvgIpc) is 3.19. The molecule has 0 fully saturated rings. The van der Waals surface area contributed by atoms with Crippen molar-refractivity contribution in [3.05, 3.63) is 47.5 Å². The maximum atomic E-state index is 10.1. The van der Waals surface area contributed by atoms with Crippen LogP contribution < -0.4 is 5.73 Å². The van der Waals surface area contributed by atoms with Gasteiger partial charge >= 0.3 is 0 Å². The molecule has 5 heteroatoms. The lowest BCUT2D eigenvalue weighted by Gasteiger charge is -2.14. The summed E-state index contributed by atoms with van der Waals surface area (Å²) in [4.78, 5) is 3.97. The number of hydrogen-bond donors (Lipinski definition) is 3. The van der Waals surface area contributed by atoms with Gasteiger partial charge in [-0.25, -0.2) is 4.98 Å². The molecule has 0 aliphatic rings. The number of aromatic amines is 1. The van der Waals surface area contributed by atoms with Crippen molar-refractivity contribution in [2.24, 2.45) is 5.73 Å². The molecule has 2 atom stereocenters. The molecule has 0 radical (unpaired) electrons. The molecule has 0 bridgehead atoms. The van der Waals surface area contributed by atoms with Crippen molar-refractivity contribution >= 4 is 0 Å². The summed E-state index contributed by atoms with van der Waals surface area (Å²) in [6, 6.07) is 8.86. The molecule has 0 aliphatic heterocycles. The van der Waals surface area contributed by atoms with Gasteiger partial charge in [-0.1, -0.05) is 63.3 Å². The Morgan fingerprint density at radius 3 is 2.31 bits per heavy atom. The SMILES string of the molecule is CCCCCCCCc1ccc(CCC(N)CC(O)c2ncn[nH]2)cc1. The quantitative estimate of drug-likeness (QED) is 0.471. The van der Waals surface area contributed by atoms with Gasteiger partial charge in [0.1, 0.15) is 12.4 Å². The van der Waals surface area contributed by atoms with Crippen molar-refractivity contribution in [3.8, 4) is 0 Å². The zero-order valence-corrected chi connectivity index (χ0v) is 16.0. The molecule has 0 saturated carbocycles. The van der Waals surface area contributed by atoms with Crippen LogP contribution in [0.15, 0.2) is 30.6 Å². The Hall–Kier alpha value is -1.72. The van der Waals surface area contributed by atoms with Crippen LogP contribution in [0.25, 0.3) is 0 Å². The maximum Gasteiger partial charge on any atom is 0.153 e. The van der Waals surface area contributed by atoms with Crippen molar-refractivity contribution in [2.75, 3.05) is 0 Å². The smallest absolute Gasteiger partial charge is 0.153 e. The predicted molar refractivity (Wildman–Crippen MR) is 106 cm³/mol. The van der Waals surface area contributed by atoms with E-state index in [9.17, 15) is 5.11 Å². The van der Waals surface area contributed by atoms with Crippen LogP contribution in [0.3, 0.4) is 0 Å². The van der Waals surface area contributed by atoms with Gasteiger partial charge in [-0.15, -0.1) is 0 Å². The number of rotatable bonds is 13. The highest BCUT2D eigenvalue weighted by atomic mass is 16.3. The average molecular weight is 359 g/mol. The van der Waals surface area contributed by atoms with E-state index in [1.807, 2.05) is 0 Å². The topological polar surface area (TPSA) is 87.8 Å². The van der Waals surface area contributed by atoms with Crippen LogP contribution in [-0.2, 0) is 12.8 Å². The summed E-state index contributed by atoms with van der Waals surface area (Å²) >= 11 is 0. The molecule has 5 nitrogen and oxygen atoms in total. The third-order valence-corrected chi connectivity index (χ3v) is 4.92. The molecule has 1 aromatic heterocycles. The van der Waals surface area contributed by atoms with Crippen LogP contribution in [0, 0.1) is 0 Å². The molecule has 26 heavy (non-hydrogen) atoms. The molecule has 0 aliphatic carbocycles. The van der Waals surface area contributed by atoms with Crippen molar-refractivity contribution < 1.29 is 5.11 Å². The molecule has 0 amide bonds. The number of unbranched alkanes of at least 4 members (excludes halogenated alkanes) is 5. The Morgan fingerprint density at radius 2 is 1.65 bits per heavy atom. The maximum absolute atomic E-state index is 10.1. The van der Waals surface area contributed by atoms with Gasteiger partial charge in [0.25, 0.3) is 0 Å². The number of aromatic nitrogens is 3. The molecule has 4 N–H and O–H groups in total. The van der Waals surface area contributed by atoms with E-state index >= 15 is 0 Å². The van der Waals surface area contributed by atoms with Crippen LogP contribution in [0.4, 0.5) is 0 Å². The second kappa shape index (κ2) is 11.8. The standard InChI is InChI=1S/C21H34N4O/c1-2-3-4-5-6-7-8-17-9-11-18(12-10-17)13-14-19(22)15-20(26)21-23-16-24-25-21/h9-12,16,19-20,26H,2-8,13-15,22H2,1H3,(H,23,24,25). The Kier molecular flexibility index (Phi) is 9.35. The third-order valence-electron chi connectivity index (χ3n) is 4.92. The van der Waals surface area contributed by atoms with E-state index in [-0.39, 0.29) is 6.04 Å². The molecule has 0 spiro atoms. The summed E-state index contributed by atoms with van der Waals surface area (Å²) < 4.78 is 0. The van der Waals surface area contributed by atoms with Crippen LogP contribution >= 0.6 is 0 Å². The first kappa shape index (κ1) is 20.6.